The van der Waals surface area contributed by atoms with Gasteiger partial charge in [-0.15, -0.1) is 0 Å². The first-order valence-electron chi connectivity index (χ1n) is 6.37. The lowest BCUT2D eigenvalue weighted by Crippen LogP contribution is -2.33. The van der Waals surface area contributed by atoms with Crippen LogP contribution in [0.5, 0.6) is 0 Å². The molecule has 1 rings (SSSR count). The zero-order valence-corrected chi connectivity index (χ0v) is 12.4. The molecule has 0 spiro atoms. The van der Waals surface area contributed by atoms with Gasteiger partial charge >= 0.3 is 0 Å². The second-order valence-corrected chi connectivity index (χ2v) is 5.29. The van der Waals surface area contributed by atoms with Gasteiger partial charge in [0.15, 0.2) is 0 Å². The summed E-state index contributed by atoms with van der Waals surface area (Å²) in [5.41, 5.74) is 1.19. The number of nitrogens with zero attached hydrogens (tertiary/aromatic N) is 2. The molecule has 0 saturated heterocycles. The summed E-state index contributed by atoms with van der Waals surface area (Å²) in [6.45, 7) is 5.05. The van der Waals surface area contributed by atoms with Gasteiger partial charge in [-0.25, -0.2) is 0 Å². The summed E-state index contributed by atoms with van der Waals surface area (Å²) in [6, 6.07) is 8.03. The fraction of sp³-hybridized carbons (Fsp3) is 0.571. The van der Waals surface area contributed by atoms with Gasteiger partial charge in [0.2, 0.25) is 0 Å². The van der Waals surface area contributed by atoms with Crippen molar-refractivity contribution < 1.29 is 0 Å². The van der Waals surface area contributed by atoms with Crippen LogP contribution in [0.2, 0.25) is 5.02 Å². The monoisotopic (exact) mass is 269 g/mol. The van der Waals surface area contributed by atoms with Gasteiger partial charge in [-0.3, -0.25) is 0 Å². The molecule has 3 nitrogen and oxygen atoms in total. The van der Waals surface area contributed by atoms with Crippen LogP contribution in [0.3, 0.4) is 0 Å². The van der Waals surface area contributed by atoms with Crippen molar-refractivity contribution in [3.8, 4) is 0 Å². The van der Waals surface area contributed by atoms with Crippen molar-refractivity contribution in [1.29, 1.82) is 0 Å². The Kier molecular flexibility index (Phi) is 7.28. The van der Waals surface area contributed by atoms with Crippen LogP contribution in [0.25, 0.3) is 0 Å². The van der Waals surface area contributed by atoms with Crippen molar-refractivity contribution >= 4 is 11.6 Å². The molecular formula is C14H24ClN3. The van der Waals surface area contributed by atoms with Crippen LogP contribution >= 0.6 is 11.6 Å². The third-order valence-corrected chi connectivity index (χ3v) is 3.17. The molecule has 0 amide bonds. The fourth-order valence-corrected chi connectivity index (χ4v) is 1.89. The molecule has 1 aromatic rings. The number of nitrogens with one attached hydrogen (secondary N) is 1. The van der Waals surface area contributed by atoms with Crippen molar-refractivity contribution in [2.75, 3.05) is 47.3 Å². The van der Waals surface area contributed by atoms with Gasteiger partial charge in [0.25, 0.3) is 0 Å². The maximum Gasteiger partial charge on any atom is 0.0451 e. The molecule has 0 heterocycles. The fourth-order valence-electron chi connectivity index (χ4n) is 1.69. The summed E-state index contributed by atoms with van der Waals surface area (Å²) in [7, 11) is 6.30. The average Bonchev–Trinajstić information content (AvgIpc) is 2.31. The first kappa shape index (κ1) is 15.4. The lowest BCUT2D eigenvalue weighted by atomic mass is 10.2. The zero-order valence-electron chi connectivity index (χ0n) is 11.6. The largest absolute Gasteiger partial charge is 0.314 e. The van der Waals surface area contributed by atoms with Crippen LogP contribution in [0.15, 0.2) is 24.3 Å². The minimum atomic E-state index is 0.852. The van der Waals surface area contributed by atoms with Gasteiger partial charge in [0, 0.05) is 37.7 Å². The van der Waals surface area contributed by atoms with Crippen molar-refractivity contribution in [3.63, 3.8) is 0 Å². The van der Waals surface area contributed by atoms with Gasteiger partial charge in [0.05, 0.1) is 0 Å². The molecule has 0 radical (unpaired) electrons. The number of likely N-dealkylation sites (N-methyl/N-ethyl adjacent to an activating group) is 2. The highest BCUT2D eigenvalue weighted by Gasteiger charge is 2.03. The second-order valence-electron chi connectivity index (χ2n) is 4.88. The van der Waals surface area contributed by atoms with E-state index in [-0.39, 0.29) is 0 Å². The summed E-state index contributed by atoms with van der Waals surface area (Å²) in [5.74, 6) is 0. The first-order valence-corrected chi connectivity index (χ1v) is 6.75. The Morgan fingerprint density at radius 3 is 2.39 bits per heavy atom. The van der Waals surface area contributed by atoms with E-state index < -0.39 is 0 Å². The number of hydrogen-bond donors (Lipinski definition) is 1. The lowest BCUT2D eigenvalue weighted by Gasteiger charge is -2.18. The van der Waals surface area contributed by atoms with Crippen LogP contribution < -0.4 is 5.32 Å². The highest BCUT2D eigenvalue weighted by Crippen LogP contribution is 2.15. The zero-order chi connectivity index (χ0) is 13.4. The highest BCUT2D eigenvalue weighted by molar-refractivity contribution is 6.31. The number of halogens is 1. The number of rotatable bonds is 8. The van der Waals surface area contributed by atoms with E-state index in [9.17, 15) is 0 Å². The Morgan fingerprint density at radius 1 is 1.06 bits per heavy atom. The molecule has 0 aliphatic heterocycles. The molecule has 0 aromatic heterocycles. The molecule has 0 fully saturated rings. The average molecular weight is 270 g/mol. The standard InChI is InChI=1S/C14H24ClN3/c1-17(2)10-8-16-9-11-18(3)12-13-6-4-5-7-14(13)15/h4-7,16H,8-12H2,1-3H3. The smallest absolute Gasteiger partial charge is 0.0451 e. The van der Waals surface area contributed by atoms with Crippen LogP contribution in [0.4, 0.5) is 0 Å². The van der Waals surface area contributed by atoms with E-state index in [2.05, 4.69) is 42.3 Å². The maximum atomic E-state index is 6.14. The molecule has 0 saturated carbocycles. The summed E-state index contributed by atoms with van der Waals surface area (Å²) in [6.07, 6.45) is 0. The van der Waals surface area contributed by atoms with Crippen LogP contribution in [0.1, 0.15) is 5.56 Å². The van der Waals surface area contributed by atoms with Gasteiger partial charge < -0.3 is 15.1 Å². The van der Waals surface area contributed by atoms with Crippen molar-refractivity contribution in [1.82, 2.24) is 15.1 Å². The molecule has 0 bridgehead atoms. The van der Waals surface area contributed by atoms with Gasteiger partial charge in [0.1, 0.15) is 0 Å². The SMILES string of the molecule is CN(C)CCNCCN(C)Cc1ccccc1Cl. The van der Waals surface area contributed by atoms with Gasteiger partial charge in [-0.05, 0) is 32.8 Å². The normalized spacial score (nSPS) is 11.4. The Bertz CT molecular complexity index is 342. The van der Waals surface area contributed by atoms with Crippen LogP contribution in [-0.2, 0) is 6.54 Å². The van der Waals surface area contributed by atoms with Gasteiger partial charge in [-0.1, -0.05) is 29.8 Å². The van der Waals surface area contributed by atoms with E-state index in [4.69, 9.17) is 11.6 Å². The second kappa shape index (κ2) is 8.48. The van der Waals surface area contributed by atoms with Crippen LogP contribution in [0, 0.1) is 0 Å². The van der Waals surface area contributed by atoms with Gasteiger partial charge in [-0.2, -0.15) is 0 Å². The summed E-state index contributed by atoms with van der Waals surface area (Å²) in [5, 5.41) is 4.28. The van der Waals surface area contributed by atoms with E-state index in [1.54, 1.807) is 0 Å². The van der Waals surface area contributed by atoms with Crippen molar-refractivity contribution in [2.45, 2.75) is 6.54 Å². The topological polar surface area (TPSA) is 18.5 Å². The molecule has 1 aromatic carbocycles. The third kappa shape index (κ3) is 6.36. The molecule has 4 heteroatoms. The summed E-state index contributed by atoms with van der Waals surface area (Å²) >= 11 is 6.14. The highest BCUT2D eigenvalue weighted by atomic mass is 35.5. The van der Waals surface area contributed by atoms with E-state index >= 15 is 0 Å². The first-order chi connectivity index (χ1) is 8.59. The molecule has 1 N–H and O–H groups in total. The predicted octanol–water partition coefficient (Wildman–Crippen LogP) is 1.92. The van der Waals surface area contributed by atoms with Crippen molar-refractivity contribution in [2.24, 2.45) is 0 Å². The molecule has 0 aliphatic rings. The third-order valence-electron chi connectivity index (χ3n) is 2.80. The van der Waals surface area contributed by atoms with Crippen molar-refractivity contribution in [3.05, 3.63) is 34.9 Å². The predicted molar refractivity (Wildman–Crippen MR) is 79.2 cm³/mol. The minimum Gasteiger partial charge on any atom is -0.314 e. The van der Waals surface area contributed by atoms with E-state index in [0.29, 0.717) is 0 Å². The molecular weight excluding hydrogens is 246 g/mol. The minimum absolute atomic E-state index is 0.852. The molecule has 0 unspecified atom stereocenters. The number of benzene rings is 1. The molecule has 102 valence electrons. The quantitative estimate of drug-likeness (QED) is 0.728. The van der Waals surface area contributed by atoms with E-state index in [0.717, 1.165) is 37.7 Å². The van der Waals surface area contributed by atoms with E-state index in [1.165, 1.54) is 5.56 Å². The Morgan fingerprint density at radius 2 is 1.72 bits per heavy atom. The van der Waals surface area contributed by atoms with E-state index in [1.807, 2.05) is 18.2 Å². The molecule has 0 aliphatic carbocycles. The lowest BCUT2D eigenvalue weighted by molar-refractivity contribution is 0.319. The number of hydrogen-bond acceptors (Lipinski definition) is 3. The Labute approximate surface area is 116 Å². The molecule has 0 atom stereocenters. The molecule has 18 heavy (non-hydrogen) atoms. The van der Waals surface area contributed by atoms with Crippen LogP contribution in [-0.4, -0.2) is 57.1 Å². The maximum absolute atomic E-state index is 6.14. The summed E-state index contributed by atoms with van der Waals surface area (Å²) < 4.78 is 0. The Balaban J connectivity index is 2.18. The summed E-state index contributed by atoms with van der Waals surface area (Å²) in [4.78, 5) is 4.46. The Hall–Kier alpha value is -0.610.